The molecular formula is C17H19NO2. The lowest BCUT2D eigenvalue weighted by molar-refractivity contribution is 0.0957. The average molecular weight is 269 g/mol. The minimum Gasteiger partial charge on any atom is -0.497 e. The molecule has 104 valence electrons. The molecule has 0 amide bonds. The van der Waals surface area contributed by atoms with Gasteiger partial charge in [0, 0.05) is 17.2 Å². The maximum Gasteiger partial charge on any atom is 0.170 e. The number of nitrogen functional groups attached to an aromatic ring is 1. The molecule has 0 unspecified atom stereocenters. The first-order valence-electron chi connectivity index (χ1n) is 6.69. The van der Waals surface area contributed by atoms with Gasteiger partial charge in [0.25, 0.3) is 0 Å². The smallest absolute Gasteiger partial charge is 0.170 e. The fraction of sp³-hybridized carbons (Fsp3) is 0.235. The maximum atomic E-state index is 12.6. The van der Waals surface area contributed by atoms with Crippen LogP contribution in [0.4, 0.5) is 5.69 Å². The summed E-state index contributed by atoms with van der Waals surface area (Å²) in [6, 6.07) is 14.7. The predicted octanol–water partition coefficient (Wildman–Crippen LogP) is 3.65. The largest absolute Gasteiger partial charge is 0.497 e. The second kappa shape index (κ2) is 6.24. The van der Waals surface area contributed by atoms with Gasteiger partial charge >= 0.3 is 0 Å². The normalized spacial score (nSPS) is 11.9. The number of rotatable bonds is 5. The van der Waals surface area contributed by atoms with E-state index in [9.17, 15) is 4.79 Å². The van der Waals surface area contributed by atoms with Crippen LogP contribution in [0.3, 0.4) is 0 Å². The molecule has 0 aromatic heterocycles. The van der Waals surface area contributed by atoms with Crippen LogP contribution < -0.4 is 10.5 Å². The summed E-state index contributed by atoms with van der Waals surface area (Å²) in [5.41, 5.74) is 8.10. The molecule has 0 radical (unpaired) electrons. The third-order valence-electron chi connectivity index (χ3n) is 3.44. The van der Waals surface area contributed by atoms with Crippen molar-refractivity contribution < 1.29 is 9.53 Å². The Morgan fingerprint density at radius 1 is 1.10 bits per heavy atom. The van der Waals surface area contributed by atoms with E-state index >= 15 is 0 Å². The number of nitrogens with two attached hydrogens (primary N) is 1. The van der Waals surface area contributed by atoms with E-state index in [4.69, 9.17) is 10.5 Å². The molecule has 2 aromatic rings. The van der Waals surface area contributed by atoms with Crippen molar-refractivity contribution in [2.45, 2.75) is 19.3 Å². The molecule has 20 heavy (non-hydrogen) atoms. The van der Waals surface area contributed by atoms with E-state index < -0.39 is 0 Å². The average Bonchev–Trinajstić information content (AvgIpc) is 2.50. The summed E-state index contributed by atoms with van der Waals surface area (Å²) in [6.45, 7) is 2.02. The minimum absolute atomic E-state index is 0.125. The van der Waals surface area contributed by atoms with Crippen molar-refractivity contribution in [1.82, 2.24) is 0 Å². The second-order valence-corrected chi connectivity index (χ2v) is 4.72. The first kappa shape index (κ1) is 14.1. The third-order valence-corrected chi connectivity index (χ3v) is 3.44. The van der Waals surface area contributed by atoms with Crippen molar-refractivity contribution in [3.8, 4) is 5.75 Å². The Hall–Kier alpha value is -2.29. The molecule has 2 rings (SSSR count). The number of Topliss-reactive ketones (excluding diaryl/α,β-unsaturated/α-hetero) is 1. The van der Waals surface area contributed by atoms with E-state index in [1.807, 2.05) is 43.3 Å². The highest BCUT2D eigenvalue weighted by Crippen LogP contribution is 2.26. The Bertz CT molecular complexity index is 573. The standard InChI is InChI=1S/C17H19NO2/c1-3-16(12-4-8-14(18)9-5-12)17(19)13-6-10-15(20-2)11-7-13/h4-11,16H,3,18H2,1-2H3/t16-/m0/s1. The molecule has 0 saturated heterocycles. The highest BCUT2D eigenvalue weighted by atomic mass is 16.5. The van der Waals surface area contributed by atoms with Crippen LogP contribution >= 0.6 is 0 Å². The zero-order chi connectivity index (χ0) is 14.5. The minimum atomic E-state index is -0.135. The fourth-order valence-electron chi connectivity index (χ4n) is 2.26. The summed E-state index contributed by atoms with van der Waals surface area (Å²) >= 11 is 0. The number of methoxy groups -OCH3 is 1. The van der Waals surface area contributed by atoms with Crippen LogP contribution in [0.2, 0.25) is 0 Å². The predicted molar refractivity (Wildman–Crippen MR) is 81.2 cm³/mol. The maximum absolute atomic E-state index is 12.6. The molecule has 0 aliphatic heterocycles. The molecule has 2 N–H and O–H groups in total. The van der Waals surface area contributed by atoms with Gasteiger partial charge in [0.15, 0.2) is 5.78 Å². The Morgan fingerprint density at radius 2 is 1.70 bits per heavy atom. The van der Waals surface area contributed by atoms with E-state index in [-0.39, 0.29) is 11.7 Å². The number of ketones is 1. The van der Waals surface area contributed by atoms with Crippen LogP contribution in [0.25, 0.3) is 0 Å². The monoisotopic (exact) mass is 269 g/mol. The molecule has 3 heteroatoms. The molecule has 1 atom stereocenters. The summed E-state index contributed by atoms with van der Waals surface area (Å²) in [7, 11) is 1.61. The first-order valence-corrected chi connectivity index (χ1v) is 6.69. The summed E-state index contributed by atoms with van der Waals surface area (Å²) < 4.78 is 5.11. The van der Waals surface area contributed by atoms with Crippen LogP contribution in [0.15, 0.2) is 48.5 Å². The van der Waals surface area contributed by atoms with Crippen LogP contribution in [-0.2, 0) is 0 Å². The molecule has 0 spiro atoms. The van der Waals surface area contributed by atoms with Gasteiger partial charge in [-0.05, 0) is 48.4 Å². The number of benzene rings is 2. The van der Waals surface area contributed by atoms with Gasteiger partial charge in [-0.15, -0.1) is 0 Å². The van der Waals surface area contributed by atoms with Crippen molar-refractivity contribution in [3.05, 3.63) is 59.7 Å². The Morgan fingerprint density at radius 3 is 2.20 bits per heavy atom. The Kier molecular flexibility index (Phi) is 4.41. The molecule has 0 aliphatic carbocycles. The summed E-state index contributed by atoms with van der Waals surface area (Å²) in [4.78, 5) is 12.6. The molecule has 2 aromatic carbocycles. The van der Waals surface area contributed by atoms with Gasteiger partial charge in [0.1, 0.15) is 5.75 Å². The number of ether oxygens (including phenoxy) is 1. The molecule has 0 fully saturated rings. The molecule has 0 bridgehead atoms. The van der Waals surface area contributed by atoms with Crippen LogP contribution in [-0.4, -0.2) is 12.9 Å². The van der Waals surface area contributed by atoms with E-state index in [2.05, 4.69) is 0 Å². The van der Waals surface area contributed by atoms with Crippen LogP contribution in [0.1, 0.15) is 35.2 Å². The van der Waals surface area contributed by atoms with E-state index in [1.54, 1.807) is 19.2 Å². The van der Waals surface area contributed by atoms with Gasteiger partial charge in [0.2, 0.25) is 0 Å². The van der Waals surface area contributed by atoms with Gasteiger partial charge in [0.05, 0.1) is 7.11 Å². The van der Waals surface area contributed by atoms with Crippen molar-refractivity contribution in [2.75, 3.05) is 12.8 Å². The quantitative estimate of drug-likeness (QED) is 0.665. The van der Waals surface area contributed by atoms with Gasteiger partial charge in [-0.3, -0.25) is 4.79 Å². The number of carbonyl (C=O) groups is 1. The zero-order valence-electron chi connectivity index (χ0n) is 11.8. The van der Waals surface area contributed by atoms with Crippen LogP contribution in [0, 0.1) is 0 Å². The molecule has 0 saturated carbocycles. The van der Waals surface area contributed by atoms with E-state index in [0.29, 0.717) is 11.3 Å². The van der Waals surface area contributed by atoms with Crippen molar-refractivity contribution in [3.63, 3.8) is 0 Å². The van der Waals surface area contributed by atoms with Crippen molar-refractivity contribution >= 4 is 11.5 Å². The first-order chi connectivity index (χ1) is 9.65. The third kappa shape index (κ3) is 2.99. The fourth-order valence-corrected chi connectivity index (χ4v) is 2.26. The molecule has 0 heterocycles. The lowest BCUT2D eigenvalue weighted by atomic mass is 9.88. The lowest BCUT2D eigenvalue weighted by Crippen LogP contribution is -2.12. The highest BCUT2D eigenvalue weighted by molar-refractivity contribution is 6.01. The number of anilines is 1. The summed E-state index contributed by atoms with van der Waals surface area (Å²) in [6.07, 6.45) is 0.759. The molecule has 3 nitrogen and oxygen atoms in total. The molecular weight excluding hydrogens is 250 g/mol. The number of hydrogen-bond acceptors (Lipinski definition) is 3. The van der Waals surface area contributed by atoms with Gasteiger partial charge in [-0.2, -0.15) is 0 Å². The zero-order valence-corrected chi connectivity index (χ0v) is 11.8. The Labute approximate surface area is 119 Å². The SMILES string of the molecule is CC[C@H](C(=O)c1ccc(OC)cc1)c1ccc(N)cc1. The highest BCUT2D eigenvalue weighted by Gasteiger charge is 2.20. The van der Waals surface area contributed by atoms with Crippen molar-refractivity contribution in [2.24, 2.45) is 0 Å². The second-order valence-electron chi connectivity index (χ2n) is 4.72. The number of carbonyl (C=O) groups excluding carboxylic acids is 1. The van der Waals surface area contributed by atoms with Gasteiger partial charge in [-0.25, -0.2) is 0 Å². The Balaban J connectivity index is 2.26. The summed E-state index contributed by atoms with van der Waals surface area (Å²) in [5, 5.41) is 0. The van der Waals surface area contributed by atoms with Crippen molar-refractivity contribution in [1.29, 1.82) is 0 Å². The van der Waals surface area contributed by atoms with Gasteiger partial charge in [-0.1, -0.05) is 19.1 Å². The molecule has 0 aliphatic rings. The van der Waals surface area contributed by atoms with E-state index in [0.717, 1.165) is 17.7 Å². The van der Waals surface area contributed by atoms with Gasteiger partial charge < -0.3 is 10.5 Å². The number of hydrogen-bond donors (Lipinski definition) is 1. The lowest BCUT2D eigenvalue weighted by Gasteiger charge is -2.14. The topological polar surface area (TPSA) is 52.3 Å². The summed E-state index contributed by atoms with van der Waals surface area (Å²) in [5.74, 6) is 0.742. The van der Waals surface area contributed by atoms with Crippen LogP contribution in [0.5, 0.6) is 5.75 Å². The van der Waals surface area contributed by atoms with E-state index in [1.165, 1.54) is 0 Å².